The summed E-state index contributed by atoms with van der Waals surface area (Å²) >= 11 is 0. The third-order valence-corrected chi connectivity index (χ3v) is 4.59. The molecule has 0 spiro atoms. The number of carbonyl (C=O) groups excluding carboxylic acids is 2. The lowest BCUT2D eigenvalue weighted by Gasteiger charge is -2.30. The van der Waals surface area contributed by atoms with E-state index in [1.165, 1.54) is 0 Å². The van der Waals surface area contributed by atoms with Crippen LogP contribution >= 0.6 is 0 Å². The van der Waals surface area contributed by atoms with Gasteiger partial charge in [0.05, 0.1) is 7.11 Å². The van der Waals surface area contributed by atoms with Crippen molar-refractivity contribution in [3.63, 3.8) is 0 Å². The highest BCUT2D eigenvalue weighted by molar-refractivity contribution is 5.88. The fraction of sp³-hybridized carbons (Fsp3) is 0.391. The maximum absolute atomic E-state index is 13.0. The predicted molar refractivity (Wildman–Crippen MR) is 113 cm³/mol. The first-order chi connectivity index (χ1) is 14.0. The quantitative estimate of drug-likeness (QED) is 0.667. The number of hydrogen-bond donors (Lipinski definition) is 1. The number of nitrogens with one attached hydrogen (secondary N) is 1. The molecule has 0 aliphatic carbocycles. The molecular formula is C23H30N2O4. The van der Waals surface area contributed by atoms with Gasteiger partial charge in [-0.05, 0) is 50.1 Å². The molecule has 0 radical (unpaired) electrons. The minimum atomic E-state index is -0.553. The van der Waals surface area contributed by atoms with E-state index in [2.05, 4.69) is 5.32 Å². The van der Waals surface area contributed by atoms with E-state index >= 15 is 0 Å². The second-order valence-electron chi connectivity index (χ2n) is 6.79. The standard InChI is InChI=1S/C23H30N2O4/c1-5-21(23(27)24-6-2)25(15-18-9-7-8-17(3)14-18)22(26)16-29-20-12-10-19(28-4)11-13-20/h7-14,21H,5-6,15-16H2,1-4H3,(H,24,27)/t21-/m0/s1. The number of aryl methyl sites for hydroxylation is 1. The zero-order chi connectivity index (χ0) is 21.2. The molecule has 0 aliphatic rings. The number of carbonyl (C=O) groups is 2. The Morgan fingerprint density at radius 2 is 1.76 bits per heavy atom. The van der Waals surface area contributed by atoms with Gasteiger partial charge in [0.1, 0.15) is 17.5 Å². The van der Waals surface area contributed by atoms with Gasteiger partial charge < -0.3 is 19.7 Å². The number of benzene rings is 2. The lowest BCUT2D eigenvalue weighted by molar-refractivity contribution is -0.142. The van der Waals surface area contributed by atoms with Crippen molar-refractivity contribution in [3.05, 3.63) is 59.7 Å². The molecule has 2 aromatic rings. The van der Waals surface area contributed by atoms with Gasteiger partial charge >= 0.3 is 0 Å². The molecule has 0 aromatic heterocycles. The van der Waals surface area contributed by atoms with E-state index in [0.717, 1.165) is 11.1 Å². The van der Waals surface area contributed by atoms with Crippen LogP contribution in [-0.2, 0) is 16.1 Å². The second-order valence-corrected chi connectivity index (χ2v) is 6.79. The van der Waals surface area contributed by atoms with E-state index in [0.29, 0.717) is 31.0 Å². The van der Waals surface area contributed by atoms with Gasteiger partial charge in [-0.15, -0.1) is 0 Å². The Morgan fingerprint density at radius 1 is 1.07 bits per heavy atom. The third-order valence-electron chi connectivity index (χ3n) is 4.59. The molecule has 0 fully saturated rings. The number of methoxy groups -OCH3 is 1. The SMILES string of the molecule is CCNC(=O)[C@H](CC)N(Cc1cccc(C)c1)C(=O)COc1ccc(OC)cc1. The zero-order valence-electron chi connectivity index (χ0n) is 17.6. The summed E-state index contributed by atoms with van der Waals surface area (Å²) in [5.41, 5.74) is 2.08. The molecule has 2 amide bonds. The Labute approximate surface area is 172 Å². The monoisotopic (exact) mass is 398 g/mol. The van der Waals surface area contributed by atoms with Crippen LogP contribution in [0.3, 0.4) is 0 Å². The average molecular weight is 399 g/mol. The summed E-state index contributed by atoms with van der Waals surface area (Å²) in [5.74, 6) is 0.897. The average Bonchev–Trinajstić information content (AvgIpc) is 2.72. The van der Waals surface area contributed by atoms with Crippen LogP contribution in [0.5, 0.6) is 11.5 Å². The van der Waals surface area contributed by atoms with Crippen LogP contribution in [0.25, 0.3) is 0 Å². The van der Waals surface area contributed by atoms with E-state index in [9.17, 15) is 9.59 Å². The lowest BCUT2D eigenvalue weighted by Crippen LogP contribution is -2.50. The Morgan fingerprint density at radius 3 is 2.34 bits per heavy atom. The minimum absolute atomic E-state index is 0.145. The fourth-order valence-corrected chi connectivity index (χ4v) is 3.12. The van der Waals surface area contributed by atoms with Crippen molar-refractivity contribution < 1.29 is 19.1 Å². The van der Waals surface area contributed by atoms with Crippen LogP contribution in [-0.4, -0.2) is 43.0 Å². The Hall–Kier alpha value is -3.02. The van der Waals surface area contributed by atoms with Gasteiger partial charge in [-0.2, -0.15) is 0 Å². The molecule has 1 N–H and O–H groups in total. The number of nitrogens with zero attached hydrogens (tertiary/aromatic N) is 1. The molecule has 29 heavy (non-hydrogen) atoms. The fourth-order valence-electron chi connectivity index (χ4n) is 3.12. The highest BCUT2D eigenvalue weighted by atomic mass is 16.5. The summed E-state index contributed by atoms with van der Waals surface area (Å²) in [5, 5.41) is 2.83. The summed E-state index contributed by atoms with van der Waals surface area (Å²) in [6, 6.07) is 14.4. The first-order valence-electron chi connectivity index (χ1n) is 9.88. The smallest absolute Gasteiger partial charge is 0.261 e. The van der Waals surface area contributed by atoms with Crippen LogP contribution in [0.1, 0.15) is 31.4 Å². The Balaban J connectivity index is 2.17. The molecule has 2 rings (SSSR count). The van der Waals surface area contributed by atoms with Crippen LogP contribution in [0.15, 0.2) is 48.5 Å². The van der Waals surface area contributed by atoms with Crippen molar-refractivity contribution in [1.82, 2.24) is 10.2 Å². The summed E-state index contributed by atoms with van der Waals surface area (Å²) in [6.07, 6.45) is 0.520. The van der Waals surface area contributed by atoms with Gasteiger partial charge in [0.2, 0.25) is 5.91 Å². The van der Waals surface area contributed by atoms with Crippen LogP contribution in [0.2, 0.25) is 0 Å². The predicted octanol–water partition coefficient (Wildman–Crippen LogP) is 3.33. The third kappa shape index (κ3) is 6.52. The van der Waals surface area contributed by atoms with Crippen LogP contribution < -0.4 is 14.8 Å². The van der Waals surface area contributed by atoms with Gasteiger partial charge in [0.15, 0.2) is 6.61 Å². The highest BCUT2D eigenvalue weighted by Crippen LogP contribution is 2.18. The summed E-state index contributed by atoms with van der Waals surface area (Å²) in [7, 11) is 1.59. The zero-order valence-corrected chi connectivity index (χ0v) is 17.6. The second kappa shape index (κ2) is 11.1. The number of rotatable bonds is 10. The lowest BCUT2D eigenvalue weighted by atomic mass is 10.1. The Kier molecular flexibility index (Phi) is 8.52. The molecular weight excluding hydrogens is 368 g/mol. The van der Waals surface area contributed by atoms with Crippen LogP contribution in [0.4, 0.5) is 0 Å². The minimum Gasteiger partial charge on any atom is -0.497 e. The van der Waals surface area contributed by atoms with Gasteiger partial charge in [-0.3, -0.25) is 9.59 Å². The molecule has 2 aromatic carbocycles. The molecule has 0 saturated heterocycles. The van der Waals surface area contributed by atoms with E-state index in [1.807, 2.05) is 45.0 Å². The van der Waals surface area contributed by atoms with Gasteiger partial charge in [0, 0.05) is 13.1 Å². The largest absolute Gasteiger partial charge is 0.497 e. The molecule has 6 heteroatoms. The van der Waals surface area contributed by atoms with Gasteiger partial charge in [0.25, 0.3) is 5.91 Å². The molecule has 1 atom stereocenters. The van der Waals surface area contributed by atoms with Crippen molar-refractivity contribution in [1.29, 1.82) is 0 Å². The molecule has 0 unspecified atom stereocenters. The number of likely N-dealkylation sites (N-methyl/N-ethyl adjacent to an activating group) is 1. The van der Waals surface area contributed by atoms with E-state index in [-0.39, 0.29) is 18.4 Å². The maximum Gasteiger partial charge on any atom is 0.261 e. The topological polar surface area (TPSA) is 67.9 Å². The summed E-state index contributed by atoms with van der Waals surface area (Å²) < 4.78 is 10.8. The molecule has 6 nitrogen and oxygen atoms in total. The van der Waals surface area contributed by atoms with E-state index in [4.69, 9.17) is 9.47 Å². The van der Waals surface area contributed by atoms with Crippen molar-refractivity contribution >= 4 is 11.8 Å². The first-order valence-corrected chi connectivity index (χ1v) is 9.88. The first kappa shape index (κ1) is 22.3. The molecule has 0 bridgehead atoms. The Bertz CT molecular complexity index is 805. The van der Waals surface area contributed by atoms with Crippen molar-refractivity contribution in [3.8, 4) is 11.5 Å². The molecule has 0 saturated carbocycles. The highest BCUT2D eigenvalue weighted by Gasteiger charge is 2.28. The molecule has 0 heterocycles. The normalized spacial score (nSPS) is 11.4. The van der Waals surface area contributed by atoms with Crippen LogP contribution in [0, 0.1) is 6.92 Å². The number of amides is 2. The van der Waals surface area contributed by atoms with Gasteiger partial charge in [-0.25, -0.2) is 0 Å². The van der Waals surface area contributed by atoms with Crippen molar-refractivity contribution in [2.24, 2.45) is 0 Å². The van der Waals surface area contributed by atoms with Gasteiger partial charge in [-0.1, -0.05) is 36.8 Å². The summed E-state index contributed by atoms with van der Waals surface area (Å²) in [6.45, 7) is 6.49. The number of ether oxygens (including phenoxy) is 2. The van der Waals surface area contributed by atoms with E-state index in [1.54, 1.807) is 36.3 Å². The maximum atomic E-state index is 13.0. The van der Waals surface area contributed by atoms with Crippen molar-refractivity contribution in [2.75, 3.05) is 20.3 Å². The number of hydrogen-bond acceptors (Lipinski definition) is 4. The van der Waals surface area contributed by atoms with E-state index < -0.39 is 6.04 Å². The summed E-state index contributed by atoms with van der Waals surface area (Å²) in [4.78, 5) is 27.2. The van der Waals surface area contributed by atoms with Crippen molar-refractivity contribution in [2.45, 2.75) is 39.8 Å². The molecule has 0 aliphatic heterocycles. The molecule has 156 valence electrons.